The summed E-state index contributed by atoms with van der Waals surface area (Å²) in [6.45, 7) is 5.47. The Kier molecular flexibility index (Phi) is 10.5. The van der Waals surface area contributed by atoms with Gasteiger partial charge in [-0.15, -0.1) is 0 Å². The average Bonchev–Trinajstić information content (AvgIpc) is 3.65. The summed E-state index contributed by atoms with van der Waals surface area (Å²) in [5, 5.41) is 6.07. The van der Waals surface area contributed by atoms with Crippen LogP contribution in [0.2, 0.25) is 0 Å². The maximum atomic E-state index is 13.1. The first-order chi connectivity index (χ1) is 15.2. The molecule has 2 amide bonds. The molecule has 2 N–H and O–H groups in total. The minimum absolute atomic E-state index is 0.105. The summed E-state index contributed by atoms with van der Waals surface area (Å²) < 4.78 is 21.3. The number of rotatable bonds is 16. The first-order valence-corrected chi connectivity index (χ1v) is 12.2. The van der Waals surface area contributed by atoms with Crippen molar-refractivity contribution < 1.29 is 28.5 Å². The molecule has 1 saturated carbocycles. The van der Waals surface area contributed by atoms with Crippen LogP contribution in [0, 0.1) is 5.41 Å². The molecular formula is C23H40N2O6. The quantitative estimate of drug-likeness (QED) is 0.165. The van der Waals surface area contributed by atoms with Gasteiger partial charge in [0.05, 0.1) is 26.4 Å². The highest BCUT2D eigenvalue weighted by atomic mass is 16.6. The van der Waals surface area contributed by atoms with Crippen LogP contribution in [0.15, 0.2) is 0 Å². The van der Waals surface area contributed by atoms with Gasteiger partial charge in [0.25, 0.3) is 0 Å². The molecule has 2 unspecified atom stereocenters. The topological polar surface area (TPSA) is 102 Å². The van der Waals surface area contributed by atoms with Crippen LogP contribution in [-0.4, -0.2) is 76.8 Å². The van der Waals surface area contributed by atoms with Crippen molar-refractivity contribution in [3.63, 3.8) is 0 Å². The van der Waals surface area contributed by atoms with E-state index < -0.39 is 5.41 Å². The summed E-state index contributed by atoms with van der Waals surface area (Å²) in [6, 6.07) is 0. The summed E-state index contributed by atoms with van der Waals surface area (Å²) in [4.78, 5) is 26.2. The van der Waals surface area contributed by atoms with Crippen molar-refractivity contribution >= 4 is 11.8 Å². The second-order valence-electron chi connectivity index (χ2n) is 8.98. The lowest BCUT2D eigenvalue weighted by molar-refractivity contribution is -0.144. The molecule has 0 radical (unpaired) electrons. The molecule has 2 heterocycles. The molecule has 0 bridgehead atoms. The van der Waals surface area contributed by atoms with Gasteiger partial charge in [-0.2, -0.15) is 0 Å². The summed E-state index contributed by atoms with van der Waals surface area (Å²) in [5.41, 5.74) is -0.921. The maximum absolute atomic E-state index is 13.1. The Bertz CT molecular complexity index is 502. The Morgan fingerprint density at radius 3 is 1.61 bits per heavy atom. The molecule has 1 aliphatic carbocycles. The highest BCUT2D eigenvalue weighted by Crippen LogP contribution is 2.35. The number of carbonyl (C=O) groups excluding carboxylic acids is 2. The lowest BCUT2D eigenvalue weighted by atomic mass is 9.78. The number of amides is 2. The first-order valence-electron chi connectivity index (χ1n) is 12.2. The van der Waals surface area contributed by atoms with Crippen LogP contribution in [-0.2, 0) is 28.5 Å². The van der Waals surface area contributed by atoms with E-state index in [-0.39, 0.29) is 24.0 Å². The minimum atomic E-state index is -0.921. The van der Waals surface area contributed by atoms with Gasteiger partial charge in [-0.1, -0.05) is 25.7 Å². The number of nitrogens with one attached hydrogen (secondary N) is 2. The SMILES string of the molecule is O=C(NCCCCOCC1CO1)C1(C(=O)NCCCCOCC2CO2)CCCCCC1. The molecule has 178 valence electrons. The van der Waals surface area contributed by atoms with Crippen LogP contribution in [0.3, 0.4) is 0 Å². The monoisotopic (exact) mass is 440 g/mol. The zero-order valence-corrected chi connectivity index (χ0v) is 18.8. The van der Waals surface area contributed by atoms with E-state index in [4.69, 9.17) is 18.9 Å². The van der Waals surface area contributed by atoms with E-state index in [1.807, 2.05) is 0 Å². The normalized spacial score (nSPS) is 24.3. The first kappa shape index (κ1) is 24.4. The summed E-state index contributed by atoms with van der Waals surface area (Å²) in [7, 11) is 0. The predicted molar refractivity (Wildman–Crippen MR) is 116 cm³/mol. The lowest BCUT2D eigenvalue weighted by Gasteiger charge is -2.30. The van der Waals surface area contributed by atoms with E-state index in [0.29, 0.717) is 52.4 Å². The second kappa shape index (κ2) is 13.4. The Labute approximate surface area is 186 Å². The third-order valence-corrected chi connectivity index (χ3v) is 6.24. The molecule has 3 fully saturated rings. The average molecular weight is 441 g/mol. The van der Waals surface area contributed by atoms with Crippen molar-refractivity contribution in [2.24, 2.45) is 5.41 Å². The zero-order chi connectivity index (χ0) is 21.8. The molecule has 3 rings (SSSR count). The van der Waals surface area contributed by atoms with Crippen LogP contribution in [0.25, 0.3) is 0 Å². The zero-order valence-electron chi connectivity index (χ0n) is 18.8. The fraction of sp³-hybridized carbons (Fsp3) is 0.913. The Morgan fingerprint density at radius 1 is 0.742 bits per heavy atom. The second-order valence-corrected chi connectivity index (χ2v) is 8.98. The smallest absolute Gasteiger partial charge is 0.235 e. The van der Waals surface area contributed by atoms with Crippen molar-refractivity contribution in [1.29, 1.82) is 0 Å². The van der Waals surface area contributed by atoms with Gasteiger partial charge < -0.3 is 29.6 Å². The molecule has 8 nitrogen and oxygen atoms in total. The fourth-order valence-electron chi connectivity index (χ4n) is 4.05. The molecule has 8 heteroatoms. The third-order valence-electron chi connectivity index (χ3n) is 6.24. The van der Waals surface area contributed by atoms with E-state index in [9.17, 15) is 9.59 Å². The molecule has 2 saturated heterocycles. The molecular weight excluding hydrogens is 400 g/mol. The van der Waals surface area contributed by atoms with Crippen molar-refractivity contribution in [2.75, 3.05) is 52.7 Å². The minimum Gasteiger partial charge on any atom is -0.379 e. The Balaban J connectivity index is 1.33. The van der Waals surface area contributed by atoms with Gasteiger partial charge in [0.1, 0.15) is 17.6 Å². The molecule has 31 heavy (non-hydrogen) atoms. The highest BCUT2D eigenvalue weighted by Gasteiger charge is 2.45. The van der Waals surface area contributed by atoms with Gasteiger partial charge >= 0.3 is 0 Å². The summed E-state index contributed by atoms with van der Waals surface area (Å²) >= 11 is 0. The fourth-order valence-corrected chi connectivity index (χ4v) is 4.05. The lowest BCUT2D eigenvalue weighted by Crippen LogP contribution is -2.51. The number of ether oxygens (including phenoxy) is 4. The number of carbonyl (C=O) groups is 2. The van der Waals surface area contributed by atoms with E-state index >= 15 is 0 Å². The summed E-state index contributed by atoms with van der Waals surface area (Å²) in [5.74, 6) is -0.209. The molecule has 0 aromatic carbocycles. The molecule has 3 aliphatic rings. The van der Waals surface area contributed by atoms with Crippen molar-refractivity contribution in [3.05, 3.63) is 0 Å². The highest BCUT2D eigenvalue weighted by molar-refractivity contribution is 6.05. The van der Waals surface area contributed by atoms with Crippen LogP contribution in [0.5, 0.6) is 0 Å². The standard InChI is InChI=1S/C23H40N2O6/c26-21(24-11-5-7-13-28-15-19-17-30-19)23(9-3-1-2-4-10-23)22(27)25-12-6-8-14-29-16-20-18-31-20/h19-20H,1-18H2,(H,24,26)(H,25,27). The molecule has 2 atom stereocenters. The molecule has 2 aliphatic heterocycles. The Hall–Kier alpha value is -1.22. The number of hydrogen-bond acceptors (Lipinski definition) is 6. The van der Waals surface area contributed by atoms with E-state index in [2.05, 4.69) is 10.6 Å². The summed E-state index contributed by atoms with van der Waals surface area (Å²) in [6.07, 6.45) is 9.36. The van der Waals surface area contributed by atoms with Gasteiger partial charge in [0.15, 0.2) is 0 Å². The third kappa shape index (κ3) is 9.04. The van der Waals surface area contributed by atoms with Crippen LogP contribution in [0.4, 0.5) is 0 Å². The van der Waals surface area contributed by atoms with Crippen LogP contribution in [0.1, 0.15) is 64.2 Å². The maximum Gasteiger partial charge on any atom is 0.235 e. The van der Waals surface area contributed by atoms with Crippen LogP contribution < -0.4 is 10.6 Å². The van der Waals surface area contributed by atoms with E-state index in [1.54, 1.807) is 0 Å². The molecule has 0 aromatic rings. The Morgan fingerprint density at radius 2 is 1.19 bits per heavy atom. The number of epoxide rings is 2. The largest absolute Gasteiger partial charge is 0.379 e. The van der Waals surface area contributed by atoms with Gasteiger partial charge in [-0.25, -0.2) is 0 Å². The molecule has 0 aromatic heterocycles. The molecule has 0 spiro atoms. The van der Waals surface area contributed by atoms with Gasteiger partial charge in [-0.05, 0) is 38.5 Å². The predicted octanol–water partition coefficient (Wildman–Crippen LogP) is 1.95. The van der Waals surface area contributed by atoms with Gasteiger partial charge in [-0.3, -0.25) is 9.59 Å². The van der Waals surface area contributed by atoms with Gasteiger partial charge in [0.2, 0.25) is 11.8 Å². The number of unbranched alkanes of at least 4 members (excludes halogenated alkanes) is 2. The van der Waals surface area contributed by atoms with Crippen molar-refractivity contribution in [1.82, 2.24) is 10.6 Å². The van der Waals surface area contributed by atoms with Gasteiger partial charge in [0, 0.05) is 26.3 Å². The van der Waals surface area contributed by atoms with Crippen molar-refractivity contribution in [2.45, 2.75) is 76.4 Å². The number of hydrogen-bond donors (Lipinski definition) is 2. The van der Waals surface area contributed by atoms with Crippen LogP contribution >= 0.6 is 0 Å². The van der Waals surface area contributed by atoms with E-state index in [0.717, 1.165) is 64.6 Å². The van der Waals surface area contributed by atoms with E-state index in [1.165, 1.54) is 0 Å². The van der Waals surface area contributed by atoms with Crippen molar-refractivity contribution in [3.8, 4) is 0 Å².